The van der Waals surface area contributed by atoms with Crippen LogP contribution in [0.5, 0.6) is 0 Å². The van der Waals surface area contributed by atoms with E-state index >= 15 is 0 Å². The van der Waals surface area contributed by atoms with Gasteiger partial charge in [0.1, 0.15) is 0 Å². The number of para-hydroxylation sites is 2. The van der Waals surface area contributed by atoms with Crippen LogP contribution >= 0.6 is 11.8 Å². The Morgan fingerprint density at radius 3 is 2.53 bits per heavy atom. The summed E-state index contributed by atoms with van der Waals surface area (Å²) in [4.78, 5) is 13.4. The van der Waals surface area contributed by atoms with Crippen LogP contribution in [0.1, 0.15) is 16.7 Å². The lowest BCUT2D eigenvalue weighted by atomic mass is 10.2. The number of nitrogens with zero attached hydrogens (tertiary/aromatic N) is 4. The van der Waals surface area contributed by atoms with Gasteiger partial charge in [0.2, 0.25) is 5.78 Å². The lowest BCUT2D eigenvalue weighted by Gasteiger charge is -2.13. The lowest BCUT2D eigenvalue weighted by molar-refractivity contribution is 0.928. The number of thioether (sulfide) groups is 1. The van der Waals surface area contributed by atoms with Crippen LogP contribution in [-0.2, 0) is 5.75 Å². The number of hydrogen-bond acceptors (Lipinski definition) is 4. The van der Waals surface area contributed by atoms with Crippen molar-refractivity contribution in [2.24, 2.45) is 0 Å². The highest BCUT2D eigenvalue weighted by Crippen LogP contribution is 2.26. The third-order valence-electron chi connectivity index (χ3n) is 5.20. The van der Waals surface area contributed by atoms with E-state index in [4.69, 9.17) is 0 Å². The Kier molecular flexibility index (Phi) is 4.64. The highest BCUT2D eigenvalue weighted by atomic mass is 32.2. The molecular formula is C24H20N4OS. The number of fused-ring (bicyclic) bond motifs is 3. The first-order valence-electron chi connectivity index (χ1n) is 9.77. The first kappa shape index (κ1) is 18.6. The van der Waals surface area contributed by atoms with Gasteiger partial charge in [0.05, 0.1) is 16.6 Å². The summed E-state index contributed by atoms with van der Waals surface area (Å²) in [6, 6.07) is 23.9. The number of hydrogen-bond donors (Lipinski definition) is 0. The number of aromatic nitrogens is 4. The fourth-order valence-corrected chi connectivity index (χ4v) is 4.64. The van der Waals surface area contributed by atoms with E-state index < -0.39 is 0 Å². The molecule has 148 valence electrons. The molecule has 0 saturated heterocycles. The highest BCUT2D eigenvalue weighted by Gasteiger charge is 2.18. The van der Waals surface area contributed by atoms with Gasteiger partial charge in [-0.05, 0) is 43.2 Å². The molecule has 0 bridgehead atoms. The van der Waals surface area contributed by atoms with Gasteiger partial charge < -0.3 is 0 Å². The van der Waals surface area contributed by atoms with Gasteiger partial charge in [-0.15, -0.1) is 10.2 Å². The first-order chi connectivity index (χ1) is 14.6. The van der Waals surface area contributed by atoms with E-state index in [9.17, 15) is 4.79 Å². The fourth-order valence-electron chi connectivity index (χ4n) is 3.75. The second-order valence-electron chi connectivity index (χ2n) is 7.34. The van der Waals surface area contributed by atoms with Crippen LogP contribution in [-0.4, -0.2) is 19.2 Å². The summed E-state index contributed by atoms with van der Waals surface area (Å²) >= 11 is 1.62. The SMILES string of the molecule is Cc1cccc(CSc2nnc3n(-c4ccccc4C)c(=O)c4ccccc4n23)c1. The normalized spacial score (nSPS) is 11.4. The van der Waals surface area contributed by atoms with Crippen molar-refractivity contribution in [2.75, 3.05) is 0 Å². The van der Waals surface area contributed by atoms with Crippen LogP contribution < -0.4 is 5.56 Å². The summed E-state index contributed by atoms with van der Waals surface area (Å²) in [6.45, 7) is 4.09. The Bertz CT molecular complexity index is 1450. The summed E-state index contributed by atoms with van der Waals surface area (Å²) in [6.07, 6.45) is 0. The van der Waals surface area contributed by atoms with Gasteiger partial charge >= 0.3 is 0 Å². The van der Waals surface area contributed by atoms with Gasteiger partial charge in [-0.25, -0.2) is 4.57 Å². The smallest absolute Gasteiger partial charge is 0.267 e. The van der Waals surface area contributed by atoms with Gasteiger partial charge in [-0.3, -0.25) is 9.20 Å². The summed E-state index contributed by atoms with van der Waals surface area (Å²) in [5.41, 5.74) is 5.02. The van der Waals surface area contributed by atoms with Gasteiger partial charge in [-0.2, -0.15) is 0 Å². The molecular weight excluding hydrogens is 392 g/mol. The maximum absolute atomic E-state index is 13.4. The Hall–Kier alpha value is -3.38. The molecule has 6 heteroatoms. The third kappa shape index (κ3) is 3.09. The molecule has 5 nitrogen and oxygen atoms in total. The minimum Gasteiger partial charge on any atom is -0.268 e. The molecule has 0 radical (unpaired) electrons. The molecule has 0 atom stereocenters. The molecule has 0 aliphatic rings. The summed E-state index contributed by atoms with van der Waals surface area (Å²) in [5.74, 6) is 1.31. The Morgan fingerprint density at radius 1 is 0.900 bits per heavy atom. The fraction of sp³-hybridized carbons (Fsp3) is 0.125. The zero-order valence-corrected chi connectivity index (χ0v) is 17.6. The molecule has 0 spiro atoms. The monoisotopic (exact) mass is 412 g/mol. The topological polar surface area (TPSA) is 52.2 Å². The molecule has 5 rings (SSSR count). The summed E-state index contributed by atoms with van der Waals surface area (Å²) in [5, 5.41) is 10.3. The minimum absolute atomic E-state index is 0.0879. The molecule has 2 aromatic heterocycles. The van der Waals surface area contributed by atoms with E-state index in [0.29, 0.717) is 11.2 Å². The van der Waals surface area contributed by atoms with Gasteiger partial charge in [0.25, 0.3) is 5.56 Å². The van der Waals surface area contributed by atoms with E-state index in [-0.39, 0.29) is 5.56 Å². The predicted octanol–water partition coefficient (Wildman–Crippen LogP) is 4.94. The number of rotatable bonds is 4. The summed E-state index contributed by atoms with van der Waals surface area (Å²) < 4.78 is 3.66. The van der Waals surface area contributed by atoms with Crippen molar-refractivity contribution in [3.63, 3.8) is 0 Å². The van der Waals surface area contributed by atoms with Gasteiger partial charge in [0, 0.05) is 5.75 Å². The van der Waals surface area contributed by atoms with Crippen LogP contribution in [0.25, 0.3) is 22.4 Å². The average Bonchev–Trinajstić information content (AvgIpc) is 3.17. The maximum atomic E-state index is 13.4. The predicted molar refractivity (Wildman–Crippen MR) is 122 cm³/mol. The first-order valence-corrected chi connectivity index (χ1v) is 10.8. The largest absolute Gasteiger partial charge is 0.268 e. The number of benzene rings is 3. The molecule has 0 fully saturated rings. The van der Waals surface area contributed by atoms with Crippen molar-refractivity contribution in [3.05, 3.63) is 99.8 Å². The molecule has 0 aliphatic heterocycles. The molecule has 0 N–H and O–H groups in total. The van der Waals surface area contributed by atoms with Crippen molar-refractivity contribution >= 4 is 28.4 Å². The van der Waals surface area contributed by atoms with Crippen molar-refractivity contribution in [1.82, 2.24) is 19.2 Å². The van der Waals surface area contributed by atoms with Crippen molar-refractivity contribution in [1.29, 1.82) is 0 Å². The van der Waals surface area contributed by atoms with E-state index in [2.05, 4.69) is 41.4 Å². The van der Waals surface area contributed by atoms with Gasteiger partial charge in [-0.1, -0.05) is 71.9 Å². The second kappa shape index (κ2) is 7.46. The quantitative estimate of drug-likeness (QED) is 0.392. The molecule has 0 saturated carbocycles. The molecule has 0 unspecified atom stereocenters. The zero-order chi connectivity index (χ0) is 20.7. The molecule has 5 aromatic rings. The molecule has 30 heavy (non-hydrogen) atoms. The maximum Gasteiger partial charge on any atom is 0.267 e. The number of aryl methyl sites for hydroxylation is 2. The van der Waals surface area contributed by atoms with E-state index in [1.165, 1.54) is 11.1 Å². The van der Waals surface area contributed by atoms with Crippen LogP contribution in [0, 0.1) is 13.8 Å². The van der Waals surface area contributed by atoms with Crippen LogP contribution in [0.4, 0.5) is 0 Å². The molecule has 0 aliphatic carbocycles. The van der Waals surface area contributed by atoms with Crippen molar-refractivity contribution in [2.45, 2.75) is 24.8 Å². The summed E-state index contributed by atoms with van der Waals surface area (Å²) in [7, 11) is 0. The Balaban J connectivity index is 1.73. The average molecular weight is 413 g/mol. The standard InChI is InChI=1S/C24H20N4OS/c1-16-8-7-10-18(14-16)15-30-24-26-25-23-27(20-12-5-3-9-17(20)2)22(29)19-11-4-6-13-21(19)28(23)24/h3-14H,15H2,1-2H3. The third-order valence-corrected chi connectivity index (χ3v) is 6.20. The molecule has 0 amide bonds. The highest BCUT2D eigenvalue weighted by molar-refractivity contribution is 7.98. The minimum atomic E-state index is -0.0879. The van der Waals surface area contributed by atoms with Crippen LogP contribution in [0.15, 0.2) is 82.7 Å². The van der Waals surface area contributed by atoms with E-state index in [0.717, 1.165) is 27.7 Å². The zero-order valence-electron chi connectivity index (χ0n) is 16.7. The Labute approximate surface area is 178 Å². The molecule has 3 aromatic carbocycles. The lowest BCUT2D eigenvalue weighted by Crippen LogP contribution is -2.22. The second-order valence-corrected chi connectivity index (χ2v) is 8.28. The van der Waals surface area contributed by atoms with Crippen LogP contribution in [0.2, 0.25) is 0 Å². The van der Waals surface area contributed by atoms with Crippen molar-refractivity contribution < 1.29 is 0 Å². The van der Waals surface area contributed by atoms with Crippen LogP contribution in [0.3, 0.4) is 0 Å². The Morgan fingerprint density at radius 2 is 1.70 bits per heavy atom. The van der Waals surface area contributed by atoms with E-state index in [1.54, 1.807) is 16.3 Å². The van der Waals surface area contributed by atoms with E-state index in [1.807, 2.05) is 59.9 Å². The van der Waals surface area contributed by atoms with Gasteiger partial charge in [0.15, 0.2) is 5.16 Å². The van der Waals surface area contributed by atoms with Crippen molar-refractivity contribution in [3.8, 4) is 5.69 Å². The molecule has 2 heterocycles.